The Labute approximate surface area is 92.1 Å². The zero-order valence-electron chi connectivity index (χ0n) is 8.17. The molecule has 3 rings (SSSR count). The third-order valence-corrected chi connectivity index (χ3v) is 4.33. The van der Waals surface area contributed by atoms with Crippen molar-refractivity contribution in [3.63, 3.8) is 0 Å². The molecule has 0 aliphatic carbocycles. The summed E-state index contributed by atoms with van der Waals surface area (Å²) < 4.78 is 0. The molecule has 0 unspecified atom stereocenters. The summed E-state index contributed by atoms with van der Waals surface area (Å²) in [7, 11) is 0. The van der Waals surface area contributed by atoms with E-state index in [1.807, 2.05) is 16.7 Å². The van der Waals surface area contributed by atoms with Gasteiger partial charge in [0, 0.05) is 36.0 Å². The third-order valence-electron chi connectivity index (χ3n) is 2.94. The van der Waals surface area contributed by atoms with Gasteiger partial charge in [-0.1, -0.05) is 0 Å². The van der Waals surface area contributed by atoms with Crippen LogP contribution < -0.4 is 0 Å². The summed E-state index contributed by atoms with van der Waals surface area (Å²) in [6.45, 7) is 0.880. The molecule has 15 heavy (non-hydrogen) atoms. The van der Waals surface area contributed by atoms with Crippen LogP contribution in [0.3, 0.4) is 0 Å². The molecule has 5 heteroatoms. The summed E-state index contributed by atoms with van der Waals surface area (Å²) in [5.74, 6) is 1.12. The van der Waals surface area contributed by atoms with Crippen LogP contribution >= 0.6 is 11.8 Å². The maximum atomic E-state index is 12.1. The van der Waals surface area contributed by atoms with Gasteiger partial charge in [-0.15, -0.1) is 0 Å². The van der Waals surface area contributed by atoms with Crippen LogP contribution in [0.15, 0.2) is 18.6 Å². The minimum absolute atomic E-state index is 0.0379. The SMILES string of the molecule is O=C(c1cnccn1)N1C[C@H]2C[C@H]1CS2. The number of carbonyl (C=O) groups is 1. The zero-order valence-corrected chi connectivity index (χ0v) is 8.98. The van der Waals surface area contributed by atoms with Crippen molar-refractivity contribution in [1.29, 1.82) is 0 Å². The molecule has 1 aromatic rings. The fraction of sp³-hybridized carbons (Fsp3) is 0.500. The lowest BCUT2D eigenvalue weighted by Gasteiger charge is -2.26. The Morgan fingerprint density at radius 3 is 3.07 bits per heavy atom. The molecule has 0 N–H and O–H groups in total. The monoisotopic (exact) mass is 221 g/mol. The number of aromatic nitrogens is 2. The second-order valence-corrected chi connectivity index (χ2v) is 5.23. The van der Waals surface area contributed by atoms with E-state index in [0.717, 1.165) is 18.7 Å². The molecule has 2 bridgehead atoms. The minimum Gasteiger partial charge on any atom is -0.332 e. The Morgan fingerprint density at radius 1 is 1.53 bits per heavy atom. The van der Waals surface area contributed by atoms with E-state index in [1.54, 1.807) is 18.6 Å². The summed E-state index contributed by atoms with van der Waals surface area (Å²) in [5.41, 5.74) is 0.468. The summed E-state index contributed by atoms with van der Waals surface area (Å²) >= 11 is 1.98. The van der Waals surface area contributed by atoms with Crippen molar-refractivity contribution in [2.45, 2.75) is 17.7 Å². The number of thioether (sulfide) groups is 1. The first-order chi connectivity index (χ1) is 7.34. The van der Waals surface area contributed by atoms with Crippen molar-refractivity contribution >= 4 is 17.7 Å². The third kappa shape index (κ3) is 1.51. The van der Waals surface area contributed by atoms with Crippen molar-refractivity contribution in [1.82, 2.24) is 14.9 Å². The number of rotatable bonds is 1. The zero-order chi connectivity index (χ0) is 10.3. The largest absolute Gasteiger partial charge is 0.332 e. The van der Waals surface area contributed by atoms with Crippen LogP contribution in [0.2, 0.25) is 0 Å². The van der Waals surface area contributed by atoms with Gasteiger partial charge in [-0.05, 0) is 6.42 Å². The van der Waals surface area contributed by atoms with E-state index in [-0.39, 0.29) is 5.91 Å². The molecule has 0 radical (unpaired) electrons. The van der Waals surface area contributed by atoms with E-state index < -0.39 is 0 Å². The van der Waals surface area contributed by atoms with Gasteiger partial charge in [0.15, 0.2) is 0 Å². The summed E-state index contributed by atoms with van der Waals surface area (Å²) in [6, 6.07) is 0.425. The number of hydrogen-bond acceptors (Lipinski definition) is 4. The topological polar surface area (TPSA) is 46.1 Å². The first-order valence-corrected chi connectivity index (χ1v) is 6.08. The Bertz CT molecular complexity index is 384. The van der Waals surface area contributed by atoms with Gasteiger partial charge < -0.3 is 4.90 Å². The number of amides is 1. The molecule has 78 valence electrons. The highest BCUT2D eigenvalue weighted by molar-refractivity contribution is 8.00. The van der Waals surface area contributed by atoms with E-state index in [1.165, 1.54) is 0 Å². The lowest BCUT2D eigenvalue weighted by Crippen LogP contribution is -2.39. The average Bonchev–Trinajstić information content (AvgIpc) is 2.91. The molecule has 1 aromatic heterocycles. The second-order valence-electron chi connectivity index (χ2n) is 3.89. The van der Waals surface area contributed by atoms with Crippen molar-refractivity contribution in [3.8, 4) is 0 Å². The van der Waals surface area contributed by atoms with Gasteiger partial charge in [-0.3, -0.25) is 9.78 Å². The standard InChI is InChI=1S/C10H11N3OS/c14-10(9-4-11-1-2-12-9)13-5-8-3-7(13)6-15-8/h1-2,4,7-8H,3,5-6H2/t7-,8+/m0/s1. The number of fused-ring (bicyclic) bond motifs is 2. The van der Waals surface area contributed by atoms with Gasteiger partial charge in [0.1, 0.15) is 5.69 Å². The predicted octanol–water partition coefficient (Wildman–Crippen LogP) is 0.806. The molecule has 2 aliphatic heterocycles. The van der Waals surface area contributed by atoms with Gasteiger partial charge in [-0.2, -0.15) is 11.8 Å². The van der Waals surface area contributed by atoms with Crippen molar-refractivity contribution < 1.29 is 4.79 Å². The molecule has 3 heterocycles. The van der Waals surface area contributed by atoms with E-state index >= 15 is 0 Å². The maximum absolute atomic E-state index is 12.1. The lowest BCUT2D eigenvalue weighted by atomic mass is 10.2. The predicted molar refractivity (Wildman–Crippen MR) is 57.7 cm³/mol. The van der Waals surface area contributed by atoms with Crippen LogP contribution in [0, 0.1) is 0 Å². The molecular formula is C10H11N3OS. The van der Waals surface area contributed by atoms with Crippen LogP contribution in [0.1, 0.15) is 16.9 Å². The molecule has 2 atom stereocenters. The second kappa shape index (κ2) is 3.48. The Balaban J connectivity index is 1.81. The highest BCUT2D eigenvalue weighted by Crippen LogP contribution is 2.37. The van der Waals surface area contributed by atoms with Gasteiger partial charge in [-0.25, -0.2) is 4.98 Å². The van der Waals surface area contributed by atoms with Crippen LogP contribution in [-0.2, 0) is 0 Å². The maximum Gasteiger partial charge on any atom is 0.274 e. The Morgan fingerprint density at radius 2 is 2.47 bits per heavy atom. The highest BCUT2D eigenvalue weighted by Gasteiger charge is 2.41. The molecule has 0 saturated carbocycles. The first-order valence-electron chi connectivity index (χ1n) is 5.03. The number of nitrogens with zero attached hydrogens (tertiary/aromatic N) is 3. The Hall–Kier alpha value is -1.10. The van der Waals surface area contributed by atoms with E-state index in [4.69, 9.17) is 0 Å². The molecule has 0 spiro atoms. The molecule has 2 saturated heterocycles. The number of carbonyl (C=O) groups excluding carboxylic acids is 1. The highest BCUT2D eigenvalue weighted by atomic mass is 32.2. The van der Waals surface area contributed by atoms with Crippen molar-refractivity contribution in [3.05, 3.63) is 24.3 Å². The van der Waals surface area contributed by atoms with Crippen LogP contribution in [0.4, 0.5) is 0 Å². The molecule has 4 nitrogen and oxygen atoms in total. The molecule has 0 aromatic carbocycles. The van der Waals surface area contributed by atoms with Gasteiger partial charge in [0.2, 0.25) is 0 Å². The normalized spacial score (nSPS) is 28.4. The summed E-state index contributed by atoms with van der Waals surface area (Å²) in [4.78, 5) is 22.0. The lowest BCUT2D eigenvalue weighted by molar-refractivity contribution is 0.0741. The molecular weight excluding hydrogens is 210 g/mol. The molecule has 1 amide bonds. The first kappa shape index (κ1) is 9.15. The van der Waals surface area contributed by atoms with Crippen molar-refractivity contribution in [2.75, 3.05) is 12.3 Å². The number of likely N-dealkylation sites (tertiary alicyclic amines) is 1. The quantitative estimate of drug-likeness (QED) is 0.704. The smallest absolute Gasteiger partial charge is 0.274 e. The van der Waals surface area contributed by atoms with Gasteiger partial charge in [0.05, 0.1) is 6.20 Å². The summed E-state index contributed by atoms with van der Waals surface area (Å²) in [6.07, 6.45) is 5.84. The fourth-order valence-electron chi connectivity index (χ4n) is 2.21. The van der Waals surface area contributed by atoms with Gasteiger partial charge in [0.25, 0.3) is 5.91 Å². The van der Waals surface area contributed by atoms with Gasteiger partial charge >= 0.3 is 0 Å². The van der Waals surface area contributed by atoms with Crippen LogP contribution in [-0.4, -0.2) is 44.4 Å². The van der Waals surface area contributed by atoms with Crippen LogP contribution in [0.25, 0.3) is 0 Å². The minimum atomic E-state index is 0.0379. The van der Waals surface area contributed by atoms with E-state index in [9.17, 15) is 4.79 Å². The van der Waals surface area contributed by atoms with E-state index in [2.05, 4.69) is 9.97 Å². The summed E-state index contributed by atoms with van der Waals surface area (Å²) in [5, 5.41) is 0.649. The Kier molecular flexibility index (Phi) is 2.12. The fourth-order valence-corrected chi connectivity index (χ4v) is 3.64. The van der Waals surface area contributed by atoms with E-state index in [0.29, 0.717) is 17.0 Å². The molecule has 2 fully saturated rings. The van der Waals surface area contributed by atoms with Crippen LogP contribution in [0.5, 0.6) is 0 Å². The average molecular weight is 221 g/mol. The number of hydrogen-bond donors (Lipinski definition) is 0. The molecule has 2 aliphatic rings. The van der Waals surface area contributed by atoms with Crippen molar-refractivity contribution in [2.24, 2.45) is 0 Å².